The van der Waals surface area contributed by atoms with Crippen molar-refractivity contribution >= 4 is 33.3 Å². The second kappa shape index (κ2) is 5.41. The number of nitrogens with zero attached hydrogens (tertiary/aromatic N) is 2. The highest BCUT2D eigenvalue weighted by Crippen LogP contribution is 2.32. The third-order valence-electron chi connectivity index (χ3n) is 2.85. The minimum Gasteiger partial charge on any atom is -0.359 e. The maximum atomic E-state index is 11.2. The molecule has 6 nitrogen and oxygen atoms in total. The lowest BCUT2D eigenvalue weighted by Gasteiger charge is -2.21. The molecule has 3 N–H and O–H groups in total. The average Bonchev–Trinajstić information content (AvgIpc) is 2.75. The van der Waals surface area contributed by atoms with Crippen molar-refractivity contribution in [3.05, 3.63) is 28.5 Å². The van der Waals surface area contributed by atoms with E-state index in [0.717, 1.165) is 15.9 Å². The number of rotatable bonds is 3. The normalized spacial score (nSPS) is 11.7. The third-order valence-corrected chi connectivity index (χ3v) is 3.47. The van der Waals surface area contributed by atoms with Crippen molar-refractivity contribution in [3.8, 4) is 0 Å². The van der Waals surface area contributed by atoms with E-state index in [0.29, 0.717) is 5.82 Å². The molecule has 0 radical (unpaired) electrons. The van der Waals surface area contributed by atoms with Gasteiger partial charge in [0.25, 0.3) is 5.91 Å². The molecule has 7 heteroatoms. The molecule has 2 heterocycles. The van der Waals surface area contributed by atoms with Gasteiger partial charge in [-0.15, -0.1) is 0 Å². The van der Waals surface area contributed by atoms with Gasteiger partial charge in [0.05, 0.1) is 16.8 Å². The Hall–Kier alpha value is -1.60. The number of carbonyl (C=O) groups is 1. The van der Waals surface area contributed by atoms with Crippen molar-refractivity contribution < 1.29 is 10.0 Å². The topological polar surface area (TPSA) is 78.7 Å². The summed E-state index contributed by atoms with van der Waals surface area (Å²) in [5.41, 5.74) is 3.18. The van der Waals surface area contributed by atoms with E-state index in [4.69, 9.17) is 5.21 Å². The first-order chi connectivity index (χ1) is 9.34. The van der Waals surface area contributed by atoms with Crippen molar-refractivity contribution in [2.75, 3.05) is 11.9 Å². The van der Waals surface area contributed by atoms with Crippen LogP contribution in [-0.2, 0) is 10.2 Å². The Balaban J connectivity index is 2.53. The predicted octanol–water partition coefficient (Wildman–Crippen LogP) is 2.31. The van der Waals surface area contributed by atoms with E-state index in [9.17, 15) is 4.79 Å². The molecule has 0 aliphatic heterocycles. The van der Waals surface area contributed by atoms with Gasteiger partial charge in [0.15, 0.2) is 0 Å². The number of amides is 1. The van der Waals surface area contributed by atoms with Gasteiger partial charge in [0, 0.05) is 5.41 Å². The number of carbonyl (C=O) groups excluding carboxylic acids is 1. The molecule has 0 aliphatic carbocycles. The van der Waals surface area contributed by atoms with E-state index in [1.54, 1.807) is 5.48 Å². The third kappa shape index (κ3) is 2.78. The number of hydrogen-bond acceptors (Lipinski definition) is 4. The number of fused-ring (bicyclic) bond motifs is 1. The lowest BCUT2D eigenvalue weighted by molar-refractivity contribution is -0.127. The lowest BCUT2D eigenvalue weighted by Crippen LogP contribution is -2.28. The van der Waals surface area contributed by atoms with Gasteiger partial charge in [-0.3, -0.25) is 14.4 Å². The number of imidazole rings is 1. The summed E-state index contributed by atoms with van der Waals surface area (Å²) in [5, 5.41) is 11.5. The summed E-state index contributed by atoms with van der Waals surface area (Å²) in [5.74, 6) is 0.119. The van der Waals surface area contributed by atoms with E-state index in [1.807, 2.05) is 22.6 Å². The van der Waals surface area contributed by atoms with Crippen LogP contribution in [0.1, 0.15) is 26.5 Å². The van der Waals surface area contributed by atoms with Gasteiger partial charge in [-0.2, -0.15) is 0 Å². The summed E-state index contributed by atoms with van der Waals surface area (Å²) < 4.78 is 2.89. The molecule has 0 atom stereocenters. The molecule has 0 fully saturated rings. The minimum atomic E-state index is -0.513. The molecular weight excluding hydrogens is 324 g/mol. The van der Waals surface area contributed by atoms with Crippen LogP contribution >= 0.6 is 15.9 Å². The second-order valence-corrected chi connectivity index (χ2v) is 6.30. The van der Waals surface area contributed by atoms with Crippen LogP contribution in [-0.4, -0.2) is 27.0 Å². The van der Waals surface area contributed by atoms with Gasteiger partial charge in [0.1, 0.15) is 11.5 Å². The van der Waals surface area contributed by atoms with Gasteiger partial charge in [-0.05, 0) is 28.1 Å². The summed E-state index contributed by atoms with van der Waals surface area (Å²) >= 11 is 3.52. The Morgan fingerprint density at radius 1 is 1.45 bits per heavy atom. The first kappa shape index (κ1) is 14.8. The van der Waals surface area contributed by atoms with Crippen LogP contribution in [0, 0.1) is 0 Å². The van der Waals surface area contributed by atoms with E-state index in [1.165, 1.54) is 0 Å². The highest BCUT2D eigenvalue weighted by molar-refractivity contribution is 9.10. The molecule has 0 spiro atoms. The van der Waals surface area contributed by atoms with E-state index in [2.05, 4.69) is 47.0 Å². The highest BCUT2D eigenvalue weighted by Gasteiger charge is 2.25. The van der Waals surface area contributed by atoms with Gasteiger partial charge in [-0.25, -0.2) is 10.5 Å². The van der Waals surface area contributed by atoms with Crippen LogP contribution in [0.25, 0.3) is 5.65 Å². The van der Waals surface area contributed by atoms with Crippen LogP contribution in [0.4, 0.5) is 5.82 Å². The molecular formula is C13H17BrN4O2. The number of aromatic nitrogens is 2. The zero-order valence-electron chi connectivity index (χ0n) is 11.6. The van der Waals surface area contributed by atoms with Gasteiger partial charge < -0.3 is 5.32 Å². The molecule has 0 saturated heterocycles. The Morgan fingerprint density at radius 2 is 2.15 bits per heavy atom. The molecule has 0 aromatic carbocycles. The number of halogens is 1. The van der Waals surface area contributed by atoms with Crippen LogP contribution in [0.3, 0.4) is 0 Å². The van der Waals surface area contributed by atoms with E-state index in [-0.39, 0.29) is 12.0 Å². The number of nitrogens with one attached hydrogen (secondary N) is 2. The van der Waals surface area contributed by atoms with Crippen molar-refractivity contribution in [2.45, 2.75) is 26.2 Å². The van der Waals surface area contributed by atoms with E-state index >= 15 is 0 Å². The Bertz CT molecular complexity index is 646. The second-order valence-electron chi connectivity index (χ2n) is 5.49. The predicted molar refractivity (Wildman–Crippen MR) is 80.0 cm³/mol. The van der Waals surface area contributed by atoms with Crippen LogP contribution in [0.5, 0.6) is 0 Å². The summed E-state index contributed by atoms with van der Waals surface area (Å²) in [6.07, 6.45) is 0. The fraction of sp³-hybridized carbons (Fsp3) is 0.385. The van der Waals surface area contributed by atoms with Crippen molar-refractivity contribution in [1.29, 1.82) is 0 Å². The largest absolute Gasteiger partial charge is 0.359 e. The fourth-order valence-electron chi connectivity index (χ4n) is 2.07. The zero-order valence-corrected chi connectivity index (χ0v) is 13.2. The van der Waals surface area contributed by atoms with E-state index < -0.39 is 5.91 Å². The number of hydrogen-bond donors (Lipinski definition) is 3. The first-order valence-electron chi connectivity index (χ1n) is 6.19. The van der Waals surface area contributed by atoms with Gasteiger partial charge in [0.2, 0.25) is 0 Å². The molecule has 1 amide bonds. The summed E-state index contributed by atoms with van der Waals surface area (Å²) in [6.45, 7) is 6.19. The van der Waals surface area contributed by atoms with Crippen molar-refractivity contribution in [1.82, 2.24) is 14.9 Å². The standard InChI is InChI=1S/C13H17BrN4O2/c1-13(2,3)11-12(15-7-10(19)17-20)16-9-6-4-5-8(14)18(9)11/h4-6,15,20H,7H2,1-3H3,(H,17,19). The fourth-order valence-corrected chi connectivity index (χ4v) is 2.58. The minimum absolute atomic E-state index is 0.0406. The highest BCUT2D eigenvalue weighted by atomic mass is 79.9. The Morgan fingerprint density at radius 3 is 2.75 bits per heavy atom. The molecule has 2 aromatic heterocycles. The van der Waals surface area contributed by atoms with Gasteiger partial charge in [-0.1, -0.05) is 26.8 Å². The average molecular weight is 341 g/mol. The SMILES string of the molecule is CC(C)(C)c1c(NCC(=O)NO)nc2cccc(Br)n12. The van der Waals surface area contributed by atoms with Crippen LogP contribution < -0.4 is 10.8 Å². The maximum Gasteiger partial charge on any atom is 0.262 e. The molecule has 0 unspecified atom stereocenters. The molecule has 2 rings (SSSR count). The molecule has 0 bridgehead atoms. The maximum absolute atomic E-state index is 11.2. The monoisotopic (exact) mass is 340 g/mol. The Kier molecular flexibility index (Phi) is 4.01. The summed E-state index contributed by atoms with van der Waals surface area (Å²) in [6, 6.07) is 5.74. The van der Waals surface area contributed by atoms with Crippen LogP contribution in [0.2, 0.25) is 0 Å². The molecule has 108 valence electrons. The molecule has 0 aliphatic rings. The number of pyridine rings is 1. The molecule has 0 saturated carbocycles. The summed E-state index contributed by atoms with van der Waals surface area (Å²) in [4.78, 5) is 15.7. The van der Waals surface area contributed by atoms with Crippen molar-refractivity contribution in [2.24, 2.45) is 0 Å². The number of anilines is 1. The smallest absolute Gasteiger partial charge is 0.262 e. The van der Waals surface area contributed by atoms with Gasteiger partial charge >= 0.3 is 0 Å². The summed E-state index contributed by atoms with van der Waals surface area (Å²) in [7, 11) is 0. The number of hydroxylamine groups is 1. The quantitative estimate of drug-likeness (QED) is 0.455. The molecule has 20 heavy (non-hydrogen) atoms. The molecule has 2 aromatic rings. The van der Waals surface area contributed by atoms with Crippen molar-refractivity contribution in [3.63, 3.8) is 0 Å². The van der Waals surface area contributed by atoms with Crippen LogP contribution in [0.15, 0.2) is 22.8 Å². The first-order valence-corrected chi connectivity index (χ1v) is 6.98. The lowest BCUT2D eigenvalue weighted by atomic mass is 9.92. The Labute approximate surface area is 125 Å². The zero-order chi connectivity index (χ0) is 14.9.